The Bertz CT molecular complexity index is 983. The first kappa shape index (κ1) is 31.7. The van der Waals surface area contributed by atoms with Gasteiger partial charge in [-0.15, -0.1) is 0 Å². The topological polar surface area (TPSA) is 38.7 Å². The summed E-state index contributed by atoms with van der Waals surface area (Å²) >= 11 is 0. The molecule has 39 heavy (non-hydrogen) atoms. The third kappa shape index (κ3) is 5.28. The van der Waals surface area contributed by atoms with Gasteiger partial charge in [-0.05, 0) is 104 Å². The molecule has 4 aliphatic carbocycles. The van der Waals surface area contributed by atoms with E-state index in [1.807, 2.05) is 0 Å². The molecular formula is C34H62O3Si2. The largest absolute Gasteiger partial charge is 0.414 e. The molecule has 0 aromatic heterocycles. The van der Waals surface area contributed by atoms with E-state index in [4.69, 9.17) is 8.85 Å². The van der Waals surface area contributed by atoms with E-state index in [9.17, 15) is 5.11 Å². The van der Waals surface area contributed by atoms with Gasteiger partial charge < -0.3 is 14.0 Å². The summed E-state index contributed by atoms with van der Waals surface area (Å²) in [7, 11) is -3.88. The van der Waals surface area contributed by atoms with Crippen LogP contribution in [0, 0.1) is 34.5 Å². The van der Waals surface area contributed by atoms with Crippen LogP contribution in [0.15, 0.2) is 23.3 Å². The molecule has 3 nitrogen and oxygen atoms in total. The van der Waals surface area contributed by atoms with E-state index < -0.39 is 16.6 Å². The van der Waals surface area contributed by atoms with Crippen molar-refractivity contribution in [1.29, 1.82) is 0 Å². The number of hydrogen-bond donors (Lipinski definition) is 1. The predicted octanol–water partition coefficient (Wildman–Crippen LogP) is 9.50. The van der Waals surface area contributed by atoms with E-state index in [0.717, 1.165) is 12.8 Å². The molecule has 3 unspecified atom stereocenters. The number of aliphatic hydroxyl groups excluding tert-OH is 1. The highest BCUT2D eigenvalue weighted by molar-refractivity contribution is 6.74. The van der Waals surface area contributed by atoms with E-state index in [0.29, 0.717) is 35.7 Å². The van der Waals surface area contributed by atoms with Crippen molar-refractivity contribution in [3.05, 3.63) is 23.3 Å². The highest BCUT2D eigenvalue weighted by Gasteiger charge is 2.60. The first-order valence-corrected chi connectivity index (χ1v) is 21.9. The standard InChI is InChI=1S/C34H62O3Si2/c1-23(22-35)27-16-17-28-26-15-14-24-20-25(36-38(10,11)31(2,3)4)21-30(37-39(12,13)32(5,6)7)34(24,9)29(26)18-19-33(27,28)8/h14-15,23,25,27-30,35H,16-22H2,1-13H3/t23?,25?,27-,28+,29+,30?,33-,34+/m1/s1. The first-order chi connectivity index (χ1) is 17.7. The maximum atomic E-state index is 10.0. The van der Waals surface area contributed by atoms with Crippen LogP contribution in [0.4, 0.5) is 0 Å². The lowest BCUT2D eigenvalue weighted by atomic mass is 9.49. The molecule has 3 fully saturated rings. The van der Waals surface area contributed by atoms with Crippen LogP contribution >= 0.6 is 0 Å². The molecule has 224 valence electrons. The average molecular weight is 575 g/mol. The third-order valence-electron chi connectivity index (χ3n) is 13.2. The lowest BCUT2D eigenvalue weighted by molar-refractivity contribution is -0.0459. The molecule has 4 rings (SSSR count). The van der Waals surface area contributed by atoms with Crippen molar-refractivity contribution in [1.82, 2.24) is 0 Å². The summed E-state index contributed by atoms with van der Waals surface area (Å²) in [6.07, 6.45) is 12.6. The number of hydrogen-bond acceptors (Lipinski definition) is 3. The molecule has 0 amide bonds. The van der Waals surface area contributed by atoms with Crippen molar-refractivity contribution in [2.75, 3.05) is 6.61 Å². The molecule has 1 N–H and O–H groups in total. The van der Waals surface area contributed by atoms with Crippen molar-refractivity contribution in [3.63, 3.8) is 0 Å². The smallest absolute Gasteiger partial charge is 0.192 e. The van der Waals surface area contributed by atoms with Gasteiger partial charge in [-0.2, -0.15) is 0 Å². The molecule has 0 saturated heterocycles. The zero-order chi connectivity index (χ0) is 29.4. The summed E-state index contributed by atoms with van der Waals surface area (Å²) in [5.74, 6) is 2.21. The Kier molecular flexibility index (Phi) is 8.30. The molecule has 3 saturated carbocycles. The summed E-state index contributed by atoms with van der Waals surface area (Å²) in [4.78, 5) is 0. The van der Waals surface area contributed by atoms with E-state index in [2.05, 4.69) is 101 Å². The van der Waals surface area contributed by atoms with Gasteiger partial charge in [0, 0.05) is 12.0 Å². The molecule has 0 aromatic rings. The Morgan fingerprint density at radius 1 is 0.897 bits per heavy atom. The third-order valence-corrected chi connectivity index (χ3v) is 22.2. The quantitative estimate of drug-likeness (QED) is 0.321. The van der Waals surface area contributed by atoms with Gasteiger partial charge in [0.2, 0.25) is 0 Å². The molecule has 0 heterocycles. The van der Waals surface area contributed by atoms with Crippen LogP contribution < -0.4 is 0 Å². The van der Waals surface area contributed by atoms with Crippen LogP contribution in [-0.4, -0.2) is 40.6 Å². The van der Waals surface area contributed by atoms with Crippen LogP contribution in [0.5, 0.6) is 0 Å². The fourth-order valence-electron chi connectivity index (χ4n) is 8.49. The fraction of sp³-hybridized carbons (Fsp3) is 0.882. The van der Waals surface area contributed by atoms with Gasteiger partial charge in [-0.25, -0.2) is 0 Å². The molecule has 0 radical (unpaired) electrons. The maximum absolute atomic E-state index is 10.0. The van der Waals surface area contributed by atoms with Gasteiger partial charge >= 0.3 is 0 Å². The summed E-state index contributed by atoms with van der Waals surface area (Å²) in [6.45, 7) is 31.6. The van der Waals surface area contributed by atoms with Gasteiger partial charge in [0.15, 0.2) is 16.6 Å². The van der Waals surface area contributed by atoms with Crippen molar-refractivity contribution in [2.45, 2.75) is 149 Å². The summed E-state index contributed by atoms with van der Waals surface area (Å²) < 4.78 is 14.6. The molecular weight excluding hydrogens is 513 g/mol. The molecule has 0 bridgehead atoms. The van der Waals surface area contributed by atoms with Crippen LogP contribution in [0.25, 0.3) is 0 Å². The Labute approximate surface area is 243 Å². The van der Waals surface area contributed by atoms with Crippen LogP contribution in [0.3, 0.4) is 0 Å². The molecule has 0 aromatic carbocycles. The average Bonchev–Trinajstić information content (AvgIpc) is 3.14. The van der Waals surface area contributed by atoms with Crippen molar-refractivity contribution < 1.29 is 14.0 Å². The van der Waals surface area contributed by atoms with Crippen LogP contribution in [0.2, 0.25) is 36.3 Å². The number of fused-ring (bicyclic) bond motifs is 5. The second-order valence-electron chi connectivity index (χ2n) is 17.4. The van der Waals surface area contributed by atoms with E-state index in [-0.39, 0.29) is 27.7 Å². The lowest BCUT2D eigenvalue weighted by Crippen LogP contribution is -2.58. The minimum atomic E-state index is -1.99. The predicted molar refractivity (Wildman–Crippen MR) is 171 cm³/mol. The second kappa shape index (κ2) is 10.2. The van der Waals surface area contributed by atoms with Crippen molar-refractivity contribution in [3.8, 4) is 0 Å². The fourth-order valence-corrected chi connectivity index (χ4v) is 11.3. The van der Waals surface area contributed by atoms with Gasteiger partial charge in [-0.1, -0.05) is 85.6 Å². The molecule has 0 spiro atoms. The van der Waals surface area contributed by atoms with Gasteiger partial charge in [0.25, 0.3) is 0 Å². The second-order valence-corrected chi connectivity index (χ2v) is 27.0. The van der Waals surface area contributed by atoms with Gasteiger partial charge in [-0.3, -0.25) is 0 Å². The minimum Gasteiger partial charge on any atom is -0.414 e. The molecule has 5 heteroatoms. The van der Waals surface area contributed by atoms with Crippen molar-refractivity contribution in [2.24, 2.45) is 34.5 Å². The summed E-state index contributed by atoms with van der Waals surface area (Å²) in [5.41, 5.74) is 3.63. The maximum Gasteiger partial charge on any atom is 0.192 e. The molecule has 0 aliphatic heterocycles. The number of allylic oxidation sites excluding steroid dienone is 3. The zero-order valence-electron chi connectivity index (χ0n) is 27.8. The normalized spacial score (nSPS) is 38.4. The Morgan fingerprint density at radius 3 is 2.05 bits per heavy atom. The van der Waals surface area contributed by atoms with Crippen LogP contribution in [0.1, 0.15) is 101 Å². The highest BCUT2D eigenvalue weighted by Crippen LogP contribution is 2.66. The van der Waals surface area contributed by atoms with Crippen molar-refractivity contribution >= 4 is 16.6 Å². The summed E-state index contributed by atoms with van der Waals surface area (Å²) in [5, 5.41) is 10.4. The molecule has 4 aliphatic rings. The summed E-state index contributed by atoms with van der Waals surface area (Å²) in [6, 6.07) is 0. The first-order valence-electron chi connectivity index (χ1n) is 16.1. The van der Waals surface area contributed by atoms with E-state index in [1.54, 1.807) is 11.1 Å². The highest BCUT2D eigenvalue weighted by atomic mass is 28.4. The monoisotopic (exact) mass is 574 g/mol. The van der Waals surface area contributed by atoms with Crippen LogP contribution in [-0.2, 0) is 8.85 Å². The number of rotatable bonds is 6. The van der Waals surface area contributed by atoms with Gasteiger partial charge in [0.1, 0.15) is 0 Å². The Balaban J connectivity index is 1.73. The Morgan fingerprint density at radius 2 is 1.49 bits per heavy atom. The SMILES string of the molecule is CC(CO)[C@H]1CC[C@H]2C3=CC=C4CC(O[Si](C)(C)C(C)(C)C)CC(O[Si](C)(C)C(C)(C)C)[C@]4(C)[C@H]3CC[C@]12C. The minimum absolute atomic E-state index is 0.0366. The number of aliphatic hydroxyl groups is 1. The van der Waals surface area contributed by atoms with E-state index in [1.165, 1.54) is 25.7 Å². The lowest BCUT2D eigenvalue weighted by Gasteiger charge is -2.59. The van der Waals surface area contributed by atoms with Gasteiger partial charge in [0.05, 0.1) is 12.2 Å². The Hall–Kier alpha value is -0.206. The molecule has 8 atom stereocenters. The van der Waals surface area contributed by atoms with E-state index >= 15 is 0 Å². The zero-order valence-corrected chi connectivity index (χ0v) is 29.8.